The van der Waals surface area contributed by atoms with Gasteiger partial charge in [0, 0.05) is 28.5 Å². The van der Waals surface area contributed by atoms with Crippen LogP contribution in [0.15, 0.2) is 132 Å². The molecule has 0 atom stereocenters. The van der Waals surface area contributed by atoms with E-state index in [4.69, 9.17) is 16.6 Å². The molecule has 0 aliphatic rings. The van der Waals surface area contributed by atoms with E-state index in [9.17, 15) is 14.4 Å². The van der Waals surface area contributed by atoms with Crippen molar-refractivity contribution in [3.63, 3.8) is 0 Å². The lowest BCUT2D eigenvalue weighted by Crippen LogP contribution is -2.21. The molecule has 0 fully saturated rings. The molecule has 1 N–H and O–H groups in total. The van der Waals surface area contributed by atoms with Gasteiger partial charge in [0.1, 0.15) is 0 Å². The molecule has 10 nitrogen and oxygen atoms in total. The molecule has 45 heavy (non-hydrogen) atoms. The summed E-state index contributed by atoms with van der Waals surface area (Å²) in [5.74, 6) is -1.39. The normalized spacial score (nSPS) is 11.0. The summed E-state index contributed by atoms with van der Waals surface area (Å²) < 4.78 is 4.00. The van der Waals surface area contributed by atoms with Crippen LogP contribution >= 0.6 is 11.6 Å². The number of anilines is 1. The third-order valence-electron chi connectivity index (χ3n) is 7.07. The second-order valence-corrected chi connectivity index (χ2v) is 10.5. The van der Waals surface area contributed by atoms with Crippen molar-refractivity contribution < 1.29 is 9.59 Å². The number of aromatic nitrogens is 6. The van der Waals surface area contributed by atoms with Gasteiger partial charge in [0.25, 0.3) is 11.5 Å². The van der Waals surface area contributed by atoms with E-state index in [1.807, 2.05) is 54.6 Å². The third-order valence-corrected chi connectivity index (χ3v) is 7.32. The van der Waals surface area contributed by atoms with E-state index in [1.165, 1.54) is 21.6 Å². The summed E-state index contributed by atoms with van der Waals surface area (Å²) in [6.45, 7) is 0. The Bertz CT molecular complexity index is 2240. The highest BCUT2D eigenvalue weighted by molar-refractivity contribution is 6.30. The maximum absolute atomic E-state index is 14.4. The molecule has 3 heterocycles. The molecule has 0 spiro atoms. The maximum Gasteiger partial charge on any atom is 0.276 e. The fraction of sp³-hybridized carbons (Fsp3) is 0. The lowest BCUT2D eigenvalue weighted by atomic mass is 10.1. The summed E-state index contributed by atoms with van der Waals surface area (Å²) in [4.78, 5) is 46.4. The summed E-state index contributed by atoms with van der Waals surface area (Å²) in [5, 5.41) is 12.4. The Kier molecular flexibility index (Phi) is 7.08. The van der Waals surface area contributed by atoms with Gasteiger partial charge in [0.05, 0.1) is 22.6 Å². The quantitative estimate of drug-likeness (QED) is 0.225. The van der Waals surface area contributed by atoms with Crippen LogP contribution in [0.4, 0.5) is 5.69 Å². The Morgan fingerprint density at radius 1 is 0.733 bits per heavy atom. The summed E-state index contributed by atoms with van der Waals surface area (Å²) in [5.41, 5.74) is 2.12. The number of hydrogen-bond acceptors (Lipinski definition) is 6. The highest BCUT2D eigenvalue weighted by Gasteiger charge is 2.29. The van der Waals surface area contributed by atoms with E-state index in [1.54, 1.807) is 60.7 Å². The SMILES string of the molecule is O=C(Nc1ccccc1)c1nn(-c2ccc(Cl)cc2)cc1C(=O)c1nn(-c2ccccc2)c2nc(-c3ccccc3)cc(=O)n12. The Hall–Kier alpha value is -6.13. The number of carbonyl (C=O) groups is 2. The van der Waals surface area contributed by atoms with Crippen molar-refractivity contribution in [3.05, 3.63) is 160 Å². The summed E-state index contributed by atoms with van der Waals surface area (Å²) in [6, 6.07) is 35.3. The van der Waals surface area contributed by atoms with Crippen molar-refractivity contribution in [1.29, 1.82) is 0 Å². The molecule has 0 saturated heterocycles. The molecule has 218 valence electrons. The minimum absolute atomic E-state index is 0.0583. The molecule has 1 amide bonds. The van der Waals surface area contributed by atoms with Crippen LogP contribution in [0.1, 0.15) is 26.7 Å². The molecule has 7 aromatic rings. The Balaban J connectivity index is 1.41. The van der Waals surface area contributed by atoms with Crippen LogP contribution < -0.4 is 10.9 Å². The average Bonchev–Trinajstić information content (AvgIpc) is 3.70. The number of nitrogens with one attached hydrogen (secondary N) is 1. The van der Waals surface area contributed by atoms with E-state index >= 15 is 0 Å². The number of carbonyl (C=O) groups excluding carboxylic acids is 2. The van der Waals surface area contributed by atoms with E-state index in [0.717, 1.165) is 9.96 Å². The van der Waals surface area contributed by atoms with E-state index < -0.39 is 17.2 Å². The number of fused-ring (bicyclic) bond motifs is 1. The number of benzene rings is 4. The molecule has 0 aliphatic carbocycles. The van der Waals surface area contributed by atoms with Crippen LogP contribution in [0, 0.1) is 0 Å². The minimum atomic E-state index is -0.690. The number of ketones is 1. The second-order valence-electron chi connectivity index (χ2n) is 10.0. The van der Waals surface area contributed by atoms with Gasteiger partial charge in [-0.25, -0.2) is 14.1 Å². The van der Waals surface area contributed by atoms with Gasteiger partial charge in [0.2, 0.25) is 17.4 Å². The third kappa shape index (κ3) is 5.30. The number of para-hydroxylation sites is 2. The molecule has 0 radical (unpaired) electrons. The maximum atomic E-state index is 14.4. The lowest BCUT2D eigenvalue weighted by molar-refractivity contribution is 0.0989. The van der Waals surface area contributed by atoms with Crippen molar-refractivity contribution in [3.8, 4) is 22.6 Å². The lowest BCUT2D eigenvalue weighted by Gasteiger charge is -2.05. The highest BCUT2D eigenvalue weighted by atomic mass is 35.5. The first-order valence-corrected chi connectivity index (χ1v) is 14.2. The van der Waals surface area contributed by atoms with Gasteiger partial charge in [-0.05, 0) is 48.5 Å². The van der Waals surface area contributed by atoms with E-state index in [2.05, 4.69) is 15.5 Å². The van der Waals surface area contributed by atoms with Crippen molar-refractivity contribution in [2.45, 2.75) is 0 Å². The first-order chi connectivity index (χ1) is 22.0. The summed E-state index contributed by atoms with van der Waals surface area (Å²) in [6.07, 6.45) is 1.44. The zero-order valence-electron chi connectivity index (χ0n) is 23.4. The van der Waals surface area contributed by atoms with Crippen LogP contribution in [0.2, 0.25) is 5.02 Å². The highest BCUT2D eigenvalue weighted by Crippen LogP contribution is 2.22. The molecule has 11 heteroatoms. The monoisotopic (exact) mass is 611 g/mol. The van der Waals surface area contributed by atoms with Crippen LogP contribution in [-0.4, -0.2) is 40.6 Å². The molecule has 7 rings (SSSR count). The molecule has 4 aromatic carbocycles. The zero-order valence-corrected chi connectivity index (χ0v) is 24.2. The van der Waals surface area contributed by atoms with E-state index in [-0.39, 0.29) is 22.9 Å². The van der Waals surface area contributed by atoms with E-state index in [0.29, 0.717) is 27.8 Å². The standard InChI is InChI=1S/C34H22ClN7O3/c35-23-16-18-25(19-17-23)40-21-27(30(38-40)33(45)36-24-12-6-2-7-13-24)31(44)32-39-42(26-14-8-3-9-15-26)34-37-28(20-29(43)41(32)34)22-10-4-1-5-11-22/h1-21H,(H,36,45). The van der Waals surface area contributed by atoms with Crippen LogP contribution in [0.25, 0.3) is 28.4 Å². The van der Waals surface area contributed by atoms with Crippen molar-refractivity contribution in [2.75, 3.05) is 5.32 Å². The van der Waals surface area contributed by atoms with Crippen molar-refractivity contribution in [1.82, 2.24) is 28.9 Å². The smallest absolute Gasteiger partial charge is 0.276 e. The van der Waals surface area contributed by atoms with Gasteiger partial charge in [-0.1, -0.05) is 78.3 Å². The summed E-state index contributed by atoms with van der Waals surface area (Å²) in [7, 11) is 0. The minimum Gasteiger partial charge on any atom is -0.321 e. The largest absolute Gasteiger partial charge is 0.321 e. The number of nitrogens with zero attached hydrogens (tertiary/aromatic N) is 6. The van der Waals surface area contributed by atoms with Crippen LogP contribution in [-0.2, 0) is 0 Å². The molecule has 0 bridgehead atoms. The first-order valence-electron chi connectivity index (χ1n) is 13.9. The van der Waals surface area contributed by atoms with Gasteiger partial charge in [-0.15, -0.1) is 5.10 Å². The fourth-order valence-corrected chi connectivity index (χ4v) is 5.03. The predicted octanol–water partition coefficient (Wildman–Crippen LogP) is 5.87. The molecule has 3 aromatic heterocycles. The number of amides is 1. The van der Waals surface area contributed by atoms with Crippen LogP contribution in [0.3, 0.4) is 0 Å². The Morgan fingerprint density at radius 2 is 1.38 bits per heavy atom. The predicted molar refractivity (Wildman–Crippen MR) is 170 cm³/mol. The number of rotatable bonds is 7. The second kappa shape index (κ2) is 11.5. The van der Waals surface area contributed by atoms with Crippen molar-refractivity contribution >= 4 is 34.8 Å². The summed E-state index contributed by atoms with van der Waals surface area (Å²) >= 11 is 6.08. The van der Waals surface area contributed by atoms with Gasteiger partial charge < -0.3 is 5.32 Å². The molecular weight excluding hydrogens is 590 g/mol. The molecular formula is C34H22ClN7O3. The topological polar surface area (TPSA) is 116 Å². The number of halogens is 1. The van der Waals surface area contributed by atoms with Crippen molar-refractivity contribution in [2.24, 2.45) is 0 Å². The molecule has 0 saturated carbocycles. The molecule has 0 unspecified atom stereocenters. The van der Waals surface area contributed by atoms with Gasteiger partial charge >= 0.3 is 0 Å². The van der Waals surface area contributed by atoms with Crippen LogP contribution in [0.5, 0.6) is 0 Å². The molecule has 0 aliphatic heterocycles. The van der Waals surface area contributed by atoms with Gasteiger partial charge in [-0.3, -0.25) is 14.4 Å². The Labute approximate surface area is 260 Å². The fourth-order valence-electron chi connectivity index (χ4n) is 4.91. The Morgan fingerprint density at radius 3 is 2.07 bits per heavy atom. The first kappa shape index (κ1) is 27.7. The van der Waals surface area contributed by atoms with Gasteiger partial charge in [0.15, 0.2) is 5.69 Å². The average molecular weight is 612 g/mol. The number of hydrogen-bond donors (Lipinski definition) is 1. The zero-order chi connectivity index (χ0) is 30.9. The van der Waals surface area contributed by atoms with Gasteiger partial charge in [-0.2, -0.15) is 9.78 Å².